The molecule has 4 aliphatic rings. The Morgan fingerprint density at radius 2 is 1.84 bits per heavy atom. The molecule has 1 saturated heterocycles. The number of carbonyl (C=O) groups excluding carboxylic acids is 2. The number of carbonyl (C=O) groups is 2. The summed E-state index contributed by atoms with van der Waals surface area (Å²) in [6, 6.07) is 5.86. The fourth-order valence-corrected chi connectivity index (χ4v) is 5.26. The van der Waals surface area contributed by atoms with Gasteiger partial charge in [0.2, 0.25) is 11.8 Å². The van der Waals surface area contributed by atoms with E-state index in [1.54, 1.807) is 7.05 Å². The highest BCUT2D eigenvalue weighted by molar-refractivity contribution is 6.06. The van der Waals surface area contributed by atoms with E-state index in [1.807, 2.05) is 18.2 Å². The SMILES string of the molecule is CN=C(NCCN1C(=O)C2C3C=CC(C3)C2C1=O)NCc1cccc2c1OCCCO2. The van der Waals surface area contributed by atoms with E-state index in [4.69, 9.17) is 9.47 Å². The molecule has 2 bridgehead atoms. The van der Waals surface area contributed by atoms with E-state index < -0.39 is 0 Å². The number of aliphatic imine (C=N–C) groups is 1. The minimum Gasteiger partial charge on any atom is -0.490 e. The first kappa shape index (κ1) is 19.9. The standard InChI is InChI=1S/C23H28N4O4/c1-24-23(26-13-16-4-2-5-17-20(16)31-11-3-10-30-17)25-8-9-27-21(28)18-14-6-7-15(12-14)19(18)22(27)29/h2,4-7,14-15,18-19H,3,8-13H2,1H3,(H2,24,25,26). The van der Waals surface area contributed by atoms with Gasteiger partial charge in [-0.2, -0.15) is 0 Å². The molecule has 164 valence electrons. The fourth-order valence-electron chi connectivity index (χ4n) is 5.26. The van der Waals surface area contributed by atoms with Crippen LogP contribution in [0.5, 0.6) is 11.5 Å². The van der Waals surface area contributed by atoms with Crippen LogP contribution in [0.1, 0.15) is 18.4 Å². The molecule has 2 fully saturated rings. The molecule has 0 radical (unpaired) electrons. The van der Waals surface area contributed by atoms with Crippen molar-refractivity contribution in [1.82, 2.24) is 15.5 Å². The highest BCUT2D eigenvalue weighted by atomic mass is 16.5. The Kier molecular flexibility index (Phi) is 5.29. The van der Waals surface area contributed by atoms with Gasteiger partial charge in [-0.3, -0.25) is 19.5 Å². The molecular weight excluding hydrogens is 396 g/mol. The lowest BCUT2D eigenvalue weighted by molar-refractivity contribution is -0.140. The normalized spacial score (nSPS) is 28.7. The quantitative estimate of drug-likeness (QED) is 0.321. The number of amides is 2. The maximum absolute atomic E-state index is 12.8. The molecule has 1 aromatic rings. The Labute approximate surface area is 181 Å². The largest absolute Gasteiger partial charge is 0.490 e. The van der Waals surface area contributed by atoms with Crippen molar-refractivity contribution in [3.05, 3.63) is 35.9 Å². The van der Waals surface area contributed by atoms with Crippen molar-refractivity contribution in [2.24, 2.45) is 28.7 Å². The van der Waals surface area contributed by atoms with E-state index in [1.165, 1.54) is 4.90 Å². The van der Waals surface area contributed by atoms with Gasteiger partial charge in [0, 0.05) is 38.7 Å². The van der Waals surface area contributed by atoms with Gasteiger partial charge in [-0.25, -0.2) is 0 Å². The van der Waals surface area contributed by atoms with Gasteiger partial charge >= 0.3 is 0 Å². The van der Waals surface area contributed by atoms with Crippen LogP contribution >= 0.6 is 0 Å². The Balaban J connectivity index is 1.15. The highest BCUT2D eigenvalue weighted by Crippen LogP contribution is 2.52. The predicted octanol–water partition coefficient (Wildman–Crippen LogP) is 1.32. The third-order valence-electron chi connectivity index (χ3n) is 6.71. The Hall–Kier alpha value is -3.03. The number of allylic oxidation sites excluding steroid dienone is 2. The van der Waals surface area contributed by atoms with Crippen molar-refractivity contribution in [3.63, 3.8) is 0 Å². The zero-order chi connectivity index (χ0) is 21.4. The van der Waals surface area contributed by atoms with E-state index >= 15 is 0 Å². The summed E-state index contributed by atoms with van der Waals surface area (Å²) >= 11 is 0. The summed E-state index contributed by atoms with van der Waals surface area (Å²) < 4.78 is 11.6. The van der Waals surface area contributed by atoms with Gasteiger partial charge in [-0.15, -0.1) is 0 Å². The monoisotopic (exact) mass is 424 g/mol. The second-order valence-corrected chi connectivity index (χ2v) is 8.48. The van der Waals surface area contributed by atoms with Gasteiger partial charge in [0.25, 0.3) is 0 Å². The van der Waals surface area contributed by atoms with Gasteiger partial charge in [0.15, 0.2) is 17.5 Å². The number of hydrogen-bond acceptors (Lipinski definition) is 5. The van der Waals surface area contributed by atoms with Crippen molar-refractivity contribution >= 4 is 17.8 Å². The number of imide groups is 1. The molecule has 8 heteroatoms. The van der Waals surface area contributed by atoms with Crippen molar-refractivity contribution in [2.75, 3.05) is 33.4 Å². The lowest BCUT2D eigenvalue weighted by Crippen LogP contribution is -2.43. The molecule has 2 aliphatic heterocycles. The summed E-state index contributed by atoms with van der Waals surface area (Å²) in [6.07, 6.45) is 6.04. The molecule has 4 atom stereocenters. The Morgan fingerprint density at radius 1 is 1.10 bits per heavy atom. The van der Waals surface area contributed by atoms with Crippen LogP contribution in [0.3, 0.4) is 0 Å². The Bertz CT molecular complexity index is 914. The van der Waals surface area contributed by atoms with Gasteiger partial charge in [0.05, 0.1) is 25.0 Å². The van der Waals surface area contributed by atoms with E-state index in [2.05, 4.69) is 27.8 Å². The van der Waals surface area contributed by atoms with Crippen molar-refractivity contribution in [3.8, 4) is 11.5 Å². The number of fused-ring (bicyclic) bond motifs is 6. The van der Waals surface area contributed by atoms with Crippen LogP contribution in [0.25, 0.3) is 0 Å². The van der Waals surface area contributed by atoms with E-state index in [0.717, 1.165) is 29.9 Å². The molecule has 2 aliphatic carbocycles. The molecule has 2 heterocycles. The van der Waals surface area contributed by atoms with Crippen LogP contribution < -0.4 is 20.1 Å². The molecule has 31 heavy (non-hydrogen) atoms. The first-order chi connectivity index (χ1) is 15.2. The fraction of sp³-hybridized carbons (Fsp3) is 0.522. The van der Waals surface area contributed by atoms with Crippen molar-refractivity contribution in [2.45, 2.75) is 19.4 Å². The number of nitrogens with zero attached hydrogens (tertiary/aromatic N) is 2. The smallest absolute Gasteiger partial charge is 0.233 e. The maximum Gasteiger partial charge on any atom is 0.233 e. The van der Waals surface area contributed by atoms with Gasteiger partial charge < -0.3 is 20.1 Å². The first-order valence-corrected chi connectivity index (χ1v) is 11.0. The summed E-state index contributed by atoms with van der Waals surface area (Å²) in [5.74, 6) is 2.31. The molecule has 4 unspecified atom stereocenters. The van der Waals surface area contributed by atoms with Crippen LogP contribution in [0.2, 0.25) is 0 Å². The van der Waals surface area contributed by atoms with Crippen molar-refractivity contribution in [1.29, 1.82) is 0 Å². The number of nitrogens with one attached hydrogen (secondary N) is 2. The molecule has 1 saturated carbocycles. The zero-order valence-corrected chi connectivity index (χ0v) is 17.7. The minimum atomic E-state index is -0.143. The number of rotatable bonds is 5. The lowest BCUT2D eigenvalue weighted by atomic mass is 9.85. The van der Waals surface area contributed by atoms with Gasteiger partial charge in [-0.1, -0.05) is 24.3 Å². The third kappa shape index (κ3) is 3.54. The maximum atomic E-state index is 12.8. The Morgan fingerprint density at radius 3 is 2.58 bits per heavy atom. The predicted molar refractivity (Wildman–Crippen MR) is 115 cm³/mol. The van der Waals surface area contributed by atoms with Crippen LogP contribution in [-0.4, -0.2) is 56.0 Å². The second-order valence-electron chi connectivity index (χ2n) is 8.48. The van der Waals surface area contributed by atoms with Gasteiger partial charge in [-0.05, 0) is 24.3 Å². The molecule has 0 aromatic heterocycles. The summed E-state index contributed by atoms with van der Waals surface area (Å²) in [5.41, 5.74) is 0.989. The van der Waals surface area contributed by atoms with E-state index in [-0.39, 0.29) is 35.5 Å². The molecule has 0 spiro atoms. The molecule has 8 nitrogen and oxygen atoms in total. The van der Waals surface area contributed by atoms with E-state index in [0.29, 0.717) is 38.8 Å². The lowest BCUT2D eigenvalue weighted by Gasteiger charge is -2.19. The van der Waals surface area contributed by atoms with Crippen LogP contribution in [0, 0.1) is 23.7 Å². The summed E-state index contributed by atoms with van der Waals surface area (Å²) in [4.78, 5) is 31.2. The van der Waals surface area contributed by atoms with Crippen LogP contribution in [-0.2, 0) is 16.1 Å². The zero-order valence-electron chi connectivity index (χ0n) is 17.7. The average molecular weight is 425 g/mol. The number of guanidine groups is 1. The number of hydrogen-bond donors (Lipinski definition) is 2. The number of benzene rings is 1. The van der Waals surface area contributed by atoms with Crippen molar-refractivity contribution < 1.29 is 19.1 Å². The van der Waals surface area contributed by atoms with Gasteiger partial charge in [0.1, 0.15) is 0 Å². The minimum absolute atomic E-state index is 0.0132. The molecule has 2 amide bonds. The molecule has 5 rings (SSSR count). The van der Waals surface area contributed by atoms with Crippen LogP contribution in [0.15, 0.2) is 35.3 Å². The first-order valence-electron chi connectivity index (χ1n) is 11.0. The number of likely N-dealkylation sites (tertiary alicyclic amines) is 1. The number of ether oxygens (including phenoxy) is 2. The molecular formula is C23H28N4O4. The average Bonchev–Trinajstić information content (AvgIpc) is 3.39. The second kappa shape index (κ2) is 8.24. The highest BCUT2D eigenvalue weighted by Gasteiger charge is 2.58. The van der Waals surface area contributed by atoms with Crippen LogP contribution in [0.4, 0.5) is 0 Å². The summed E-state index contributed by atoms with van der Waals surface area (Å²) in [5, 5.41) is 6.48. The molecule has 1 aromatic carbocycles. The van der Waals surface area contributed by atoms with E-state index in [9.17, 15) is 9.59 Å². The number of para-hydroxylation sites is 1. The molecule has 2 N–H and O–H groups in total. The summed E-state index contributed by atoms with van der Waals surface area (Å²) in [7, 11) is 1.69. The summed E-state index contributed by atoms with van der Waals surface area (Å²) in [6.45, 7) is 2.61. The topological polar surface area (TPSA) is 92.3 Å². The third-order valence-corrected chi connectivity index (χ3v) is 6.71.